The third-order valence-corrected chi connectivity index (χ3v) is 5.43. The van der Waals surface area contributed by atoms with Crippen LogP contribution in [0.25, 0.3) is 5.52 Å². The van der Waals surface area contributed by atoms with E-state index >= 15 is 0 Å². The Labute approximate surface area is 151 Å². The molecule has 1 aliphatic heterocycles. The van der Waals surface area contributed by atoms with E-state index in [2.05, 4.69) is 17.0 Å². The lowest BCUT2D eigenvalue weighted by Crippen LogP contribution is -2.32. The Kier molecular flexibility index (Phi) is 4.44. The normalized spacial score (nSPS) is 24.3. The average Bonchev–Trinajstić information content (AvgIpc) is 3.23. The van der Waals surface area contributed by atoms with Gasteiger partial charge in [-0.25, -0.2) is 14.3 Å². The maximum absolute atomic E-state index is 11.8. The van der Waals surface area contributed by atoms with Crippen LogP contribution in [0.5, 0.6) is 0 Å². The molecule has 26 heavy (non-hydrogen) atoms. The second kappa shape index (κ2) is 6.75. The van der Waals surface area contributed by atoms with Gasteiger partial charge in [-0.1, -0.05) is 13.3 Å². The molecular formula is C18H24N4O4. The predicted octanol–water partition coefficient (Wildman–Crippen LogP) is 2.88. The Morgan fingerprint density at radius 2 is 2.23 bits per heavy atom. The fourth-order valence-electron chi connectivity index (χ4n) is 3.62. The van der Waals surface area contributed by atoms with Gasteiger partial charge in [0.05, 0.1) is 11.8 Å². The topological polar surface area (TPSA) is 101 Å². The van der Waals surface area contributed by atoms with Crippen molar-refractivity contribution in [3.63, 3.8) is 0 Å². The molecule has 3 heterocycles. The van der Waals surface area contributed by atoms with E-state index < -0.39 is 6.16 Å². The number of carbonyl (C=O) groups is 1. The van der Waals surface area contributed by atoms with Gasteiger partial charge in [0, 0.05) is 5.41 Å². The highest BCUT2D eigenvalue weighted by Crippen LogP contribution is 2.40. The van der Waals surface area contributed by atoms with Gasteiger partial charge in [-0.05, 0) is 37.8 Å². The third kappa shape index (κ3) is 3.33. The molecule has 2 fully saturated rings. The summed E-state index contributed by atoms with van der Waals surface area (Å²) in [5.74, 6) is 0.437. The minimum absolute atomic E-state index is 0.106. The number of ether oxygens (including phenoxy) is 3. The molecule has 0 radical (unpaired) electrons. The molecule has 2 aliphatic rings. The lowest BCUT2D eigenvalue weighted by molar-refractivity contribution is -0.0334. The van der Waals surface area contributed by atoms with E-state index in [0.717, 1.165) is 36.9 Å². The lowest BCUT2D eigenvalue weighted by atomic mass is 9.71. The van der Waals surface area contributed by atoms with E-state index in [-0.39, 0.29) is 24.2 Å². The van der Waals surface area contributed by atoms with Crippen LogP contribution in [0.2, 0.25) is 0 Å². The summed E-state index contributed by atoms with van der Waals surface area (Å²) in [5, 5.41) is 4.25. The van der Waals surface area contributed by atoms with Crippen LogP contribution >= 0.6 is 0 Å². The minimum Gasteiger partial charge on any atom is -0.434 e. The Morgan fingerprint density at radius 3 is 3.00 bits per heavy atom. The number of carbonyl (C=O) groups excluding carboxylic acids is 1. The Morgan fingerprint density at radius 1 is 1.38 bits per heavy atom. The number of nitrogens with zero attached hydrogens (tertiary/aromatic N) is 3. The number of anilines is 1. The molecule has 8 heteroatoms. The molecule has 4 rings (SSSR count). The molecule has 140 valence electrons. The number of nitrogen functional groups attached to an aromatic ring is 1. The van der Waals surface area contributed by atoms with Crippen LogP contribution in [0, 0.1) is 5.41 Å². The van der Waals surface area contributed by atoms with Gasteiger partial charge in [-0.2, -0.15) is 5.10 Å². The van der Waals surface area contributed by atoms with E-state index in [1.807, 2.05) is 12.1 Å². The standard InChI is InChI=1S/C18H24N4O4/c1-18(7-2-8-18)10-25-17(23)24-9-12-3-6-15(26-12)13-4-5-14-16(19)20-11-21-22(13)14/h4-5,11-12,15H,2-3,6-10H2,1H3,(H2,19,20,21). The van der Waals surface area contributed by atoms with Crippen LogP contribution in [0.3, 0.4) is 0 Å². The summed E-state index contributed by atoms with van der Waals surface area (Å²) in [6.45, 7) is 2.76. The van der Waals surface area contributed by atoms with Crippen LogP contribution in [-0.2, 0) is 14.2 Å². The molecular weight excluding hydrogens is 336 g/mol. The number of fused-ring (bicyclic) bond motifs is 1. The third-order valence-electron chi connectivity index (χ3n) is 5.43. The number of nitrogens with two attached hydrogens (primary N) is 1. The minimum atomic E-state index is -0.612. The molecule has 0 aromatic carbocycles. The van der Waals surface area contributed by atoms with Crippen molar-refractivity contribution in [3.05, 3.63) is 24.2 Å². The van der Waals surface area contributed by atoms with Crippen LogP contribution < -0.4 is 5.73 Å². The van der Waals surface area contributed by atoms with Crippen molar-refractivity contribution in [2.75, 3.05) is 18.9 Å². The molecule has 0 amide bonds. The van der Waals surface area contributed by atoms with E-state index in [9.17, 15) is 4.79 Å². The summed E-state index contributed by atoms with van der Waals surface area (Å²) >= 11 is 0. The van der Waals surface area contributed by atoms with Gasteiger partial charge in [-0.15, -0.1) is 0 Å². The molecule has 1 aliphatic carbocycles. The maximum atomic E-state index is 11.8. The first kappa shape index (κ1) is 17.1. The molecule has 2 aromatic heterocycles. The Balaban J connectivity index is 1.28. The van der Waals surface area contributed by atoms with Gasteiger partial charge in [0.15, 0.2) is 5.82 Å². The lowest BCUT2D eigenvalue weighted by Gasteiger charge is -2.37. The highest BCUT2D eigenvalue weighted by atomic mass is 16.7. The monoisotopic (exact) mass is 360 g/mol. The fraction of sp³-hybridized carbons (Fsp3) is 0.611. The van der Waals surface area contributed by atoms with Gasteiger partial charge in [0.25, 0.3) is 0 Å². The number of aromatic nitrogens is 3. The number of rotatable bonds is 5. The predicted molar refractivity (Wildman–Crippen MR) is 93.5 cm³/mol. The largest absolute Gasteiger partial charge is 0.508 e. The zero-order valence-corrected chi connectivity index (χ0v) is 14.9. The molecule has 0 bridgehead atoms. The molecule has 8 nitrogen and oxygen atoms in total. The SMILES string of the molecule is CC1(COC(=O)OCC2CCC(c3ccc4c(N)ncnn34)O2)CCC1. The van der Waals surface area contributed by atoms with Crippen molar-refractivity contribution in [1.29, 1.82) is 0 Å². The Hall–Kier alpha value is -2.35. The summed E-state index contributed by atoms with van der Waals surface area (Å²) in [6.07, 6.45) is 5.62. The van der Waals surface area contributed by atoms with Gasteiger partial charge in [0.2, 0.25) is 0 Å². The number of hydrogen-bond donors (Lipinski definition) is 1. The highest BCUT2D eigenvalue weighted by molar-refractivity contribution is 5.65. The van der Waals surface area contributed by atoms with E-state index in [1.165, 1.54) is 12.7 Å². The Bertz CT molecular complexity index is 802. The number of hydrogen-bond acceptors (Lipinski definition) is 7. The van der Waals surface area contributed by atoms with Gasteiger partial charge in [0.1, 0.15) is 31.2 Å². The van der Waals surface area contributed by atoms with Gasteiger partial charge >= 0.3 is 6.16 Å². The quantitative estimate of drug-likeness (QED) is 0.818. The molecule has 2 unspecified atom stereocenters. The molecule has 1 saturated carbocycles. The van der Waals surface area contributed by atoms with Crippen LogP contribution in [0.1, 0.15) is 50.8 Å². The summed E-state index contributed by atoms with van der Waals surface area (Å²) in [6, 6.07) is 3.83. The molecule has 2 atom stereocenters. The smallest absolute Gasteiger partial charge is 0.434 e. The van der Waals surface area contributed by atoms with E-state index in [4.69, 9.17) is 19.9 Å². The van der Waals surface area contributed by atoms with Crippen molar-refractivity contribution >= 4 is 17.5 Å². The molecule has 2 aromatic rings. The molecule has 1 saturated heterocycles. The van der Waals surface area contributed by atoms with Crippen LogP contribution in [-0.4, -0.2) is 40.1 Å². The fourth-order valence-corrected chi connectivity index (χ4v) is 3.62. The summed E-state index contributed by atoms with van der Waals surface area (Å²) in [7, 11) is 0. The van der Waals surface area contributed by atoms with Crippen molar-refractivity contribution < 1.29 is 19.0 Å². The van der Waals surface area contributed by atoms with Crippen molar-refractivity contribution in [2.24, 2.45) is 5.41 Å². The summed E-state index contributed by atoms with van der Waals surface area (Å²) in [4.78, 5) is 15.8. The van der Waals surface area contributed by atoms with Crippen molar-refractivity contribution in [1.82, 2.24) is 14.6 Å². The first-order valence-electron chi connectivity index (χ1n) is 9.07. The second-order valence-electron chi connectivity index (χ2n) is 7.54. The molecule has 0 spiro atoms. The highest BCUT2D eigenvalue weighted by Gasteiger charge is 2.34. The zero-order valence-electron chi connectivity index (χ0n) is 14.9. The van der Waals surface area contributed by atoms with E-state index in [0.29, 0.717) is 12.4 Å². The second-order valence-corrected chi connectivity index (χ2v) is 7.54. The average molecular weight is 360 g/mol. The molecule has 2 N–H and O–H groups in total. The summed E-state index contributed by atoms with van der Waals surface area (Å²) in [5.41, 5.74) is 7.69. The van der Waals surface area contributed by atoms with Crippen molar-refractivity contribution in [3.8, 4) is 0 Å². The van der Waals surface area contributed by atoms with Gasteiger partial charge < -0.3 is 19.9 Å². The van der Waals surface area contributed by atoms with Crippen molar-refractivity contribution in [2.45, 2.75) is 51.2 Å². The van der Waals surface area contributed by atoms with E-state index in [1.54, 1.807) is 4.52 Å². The zero-order chi connectivity index (χ0) is 18.1. The first-order valence-corrected chi connectivity index (χ1v) is 9.07. The van der Waals surface area contributed by atoms with Crippen LogP contribution in [0.15, 0.2) is 18.5 Å². The maximum Gasteiger partial charge on any atom is 0.508 e. The summed E-state index contributed by atoms with van der Waals surface area (Å²) < 4.78 is 18.2. The van der Waals surface area contributed by atoms with Gasteiger partial charge in [-0.3, -0.25) is 0 Å². The first-order chi connectivity index (χ1) is 12.5. The van der Waals surface area contributed by atoms with Crippen LogP contribution in [0.4, 0.5) is 10.6 Å².